The van der Waals surface area contributed by atoms with Crippen LogP contribution in [-0.4, -0.2) is 29.0 Å². The van der Waals surface area contributed by atoms with Crippen LogP contribution in [0, 0.1) is 0 Å². The first-order chi connectivity index (χ1) is 7.65. The van der Waals surface area contributed by atoms with E-state index < -0.39 is 0 Å². The molecule has 1 aromatic rings. The third-order valence-corrected chi connectivity index (χ3v) is 4.46. The van der Waals surface area contributed by atoms with Crippen molar-refractivity contribution in [1.82, 2.24) is 4.90 Å². The molecular weight excluding hydrogens is 284 g/mol. The molecule has 2 nitrogen and oxygen atoms in total. The maximum Gasteiger partial charge on any atom is 0.0371 e. The molecule has 0 amide bonds. The van der Waals surface area contributed by atoms with Crippen molar-refractivity contribution < 1.29 is 0 Å². The Hall–Kier alpha value is -0.190. The van der Waals surface area contributed by atoms with E-state index in [0.29, 0.717) is 0 Å². The number of hydrogen-bond acceptors (Lipinski definition) is 3. The molecule has 88 valence electrons. The minimum Gasteiger partial charge on any atom is -0.398 e. The van der Waals surface area contributed by atoms with Crippen LogP contribution in [0.15, 0.2) is 22.7 Å². The van der Waals surface area contributed by atoms with Gasteiger partial charge in [0.2, 0.25) is 0 Å². The smallest absolute Gasteiger partial charge is 0.0371 e. The molecule has 1 atom stereocenters. The summed E-state index contributed by atoms with van der Waals surface area (Å²) in [5.41, 5.74) is 8.14. The van der Waals surface area contributed by atoms with Crippen LogP contribution in [0.1, 0.15) is 12.5 Å². The molecule has 1 saturated heterocycles. The van der Waals surface area contributed by atoms with Gasteiger partial charge in [-0.15, -0.1) is 0 Å². The van der Waals surface area contributed by atoms with Gasteiger partial charge in [0.15, 0.2) is 0 Å². The van der Waals surface area contributed by atoms with E-state index in [1.54, 1.807) is 0 Å². The maximum atomic E-state index is 6.01. The van der Waals surface area contributed by atoms with E-state index in [1.807, 2.05) is 6.07 Å². The first kappa shape index (κ1) is 12.3. The average molecular weight is 301 g/mol. The van der Waals surface area contributed by atoms with Gasteiger partial charge in [-0.25, -0.2) is 0 Å². The summed E-state index contributed by atoms with van der Waals surface area (Å²) >= 11 is 5.49. The van der Waals surface area contributed by atoms with E-state index in [4.69, 9.17) is 5.73 Å². The Morgan fingerprint density at radius 2 is 2.38 bits per heavy atom. The summed E-state index contributed by atoms with van der Waals surface area (Å²) in [6, 6.07) is 6.16. The molecule has 1 aliphatic heterocycles. The van der Waals surface area contributed by atoms with Crippen molar-refractivity contribution in [2.75, 3.05) is 24.6 Å². The lowest BCUT2D eigenvalue weighted by atomic mass is 10.1. The number of benzene rings is 1. The predicted molar refractivity (Wildman–Crippen MR) is 75.8 cm³/mol. The largest absolute Gasteiger partial charge is 0.398 e. The van der Waals surface area contributed by atoms with Crippen molar-refractivity contribution in [3.8, 4) is 0 Å². The van der Waals surface area contributed by atoms with Crippen LogP contribution in [-0.2, 0) is 6.54 Å². The number of thioether (sulfide) groups is 1. The highest BCUT2D eigenvalue weighted by atomic mass is 79.9. The van der Waals surface area contributed by atoms with Crippen molar-refractivity contribution in [3.63, 3.8) is 0 Å². The zero-order valence-corrected chi connectivity index (χ0v) is 11.9. The summed E-state index contributed by atoms with van der Waals surface area (Å²) in [6.07, 6.45) is 0. The first-order valence-corrected chi connectivity index (χ1v) is 7.37. The van der Waals surface area contributed by atoms with Gasteiger partial charge in [0.05, 0.1) is 0 Å². The number of anilines is 1. The molecule has 1 heterocycles. The van der Waals surface area contributed by atoms with Gasteiger partial charge >= 0.3 is 0 Å². The Bertz CT molecular complexity index is 370. The minimum atomic E-state index is 0.741. The summed E-state index contributed by atoms with van der Waals surface area (Å²) in [4.78, 5) is 2.49. The van der Waals surface area contributed by atoms with E-state index in [0.717, 1.165) is 22.0 Å². The normalized spacial score (nSPS) is 22.2. The number of halogens is 1. The highest BCUT2D eigenvalue weighted by Gasteiger charge is 2.17. The molecule has 1 fully saturated rings. The molecule has 0 radical (unpaired) electrons. The topological polar surface area (TPSA) is 29.3 Å². The first-order valence-electron chi connectivity index (χ1n) is 5.53. The second-order valence-corrected chi connectivity index (χ2v) is 6.72. The molecule has 0 aromatic heterocycles. The summed E-state index contributed by atoms with van der Waals surface area (Å²) < 4.78 is 1.05. The van der Waals surface area contributed by atoms with Crippen LogP contribution >= 0.6 is 27.7 Å². The fourth-order valence-electron chi connectivity index (χ4n) is 1.98. The van der Waals surface area contributed by atoms with E-state index in [-0.39, 0.29) is 0 Å². The van der Waals surface area contributed by atoms with Crippen molar-refractivity contribution in [2.45, 2.75) is 18.7 Å². The molecule has 1 unspecified atom stereocenters. The summed E-state index contributed by atoms with van der Waals surface area (Å²) in [6.45, 7) is 5.61. The standard InChI is InChI=1S/C12H17BrN2S/c1-9-7-15(4-5-16-9)8-10-2-3-11(13)6-12(10)14/h2-3,6,9H,4-5,7-8,14H2,1H3. The number of nitrogens with zero attached hydrogens (tertiary/aromatic N) is 1. The minimum absolute atomic E-state index is 0.741. The van der Waals surface area contributed by atoms with Crippen LogP contribution in [0.3, 0.4) is 0 Å². The number of nitrogens with two attached hydrogens (primary N) is 1. The van der Waals surface area contributed by atoms with E-state index in [2.05, 4.69) is 51.6 Å². The molecule has 0 spiro atoms. The van der Waals surface area contributed by atoms with Gasteiger partial charge in [-0.3, -0.25) is 4.90 Å². The molecule has 2 rings (SSSR count). The second kappa shape index (κ2) is 5.43. The van der Waals surface area contributed by atoms with Crippen molar-refractivity contribution in [1.29, 1.82) is 0 Å². The highest BCUT2D eigenvalue weighted by Crippen LogP contribution is 2.23. The van der Waals surface area contributed by atoms with Gasteiger partial charge in [0.25, 0.3) is 0 Å². The van der Waals surface area contributed by atoms with E-state index >= 15 is 0 Å². The van der Waals surface area contributed by atoms with Crippen LogP contribution in [0.5, 0.6) is 0 Å². The van der Waals surface area contributed by atoms with Crippen LogP contribution in [0.2, 0.25) is 0 Å². The number of rotatable bonds is 2. The summed E-state index contributed by atoms with van der Waals surface area (Å²) in [5, 5.41) is 0.741. The highest BCUT2D eigenvalue weighted by molar-refractivity contribution is 9.10. The molecule has 2 N–H and O–H groups in total. The molecule has 1 aromatic carbocycles. The van der Waals surface area contributed by atoms with Gasteiger partial charge in [-0.2, -0.15) is 11.8 Å². The van der Waals surface area contributed by atoms with Gasteiger partial charge in [0.1, 0.15) is 0 Å². The van der Waals surface area contributed by atoms with Crippen molar-refractivity contribution in [3.05, 3.63) is 28.2 Å². The monoisotopic (exact) mass is 300 g/mol. The molecule has 1 aliphatic rings. The number of hydrogen-bond donors (Lipinski definition) is 1. The van der Waals surface area contributed by atoms with Gasteiger partial charge in [-0.1, -0.05) is 28.9 Å². The number of nitrogen functional groups attached to an aromatic ring is 1. The Morgan fingerprint density at radius 3 is 3.06 bits per heavy atom. The lowest BCUT2D eigenvalue weighted by molar-refractivity contribution is 0.279. The lowest BCUT2D eigenvalue weighted by Crippen LogP contribution is -2.36. The SMILES string of the molecule is CC1CN(Cc2ccc(Br)cc2N)CCS1. The van der Waals surface area contributed by atoms with E-state index in [1.165, 1.54) is 24.4 Å². The zero-order chi connectivity index (χ0) is 11.5. The molecule has 0 aliphatic carbocycles. The molecular formula is C12H17BrN2S. The van der Waals surface area contributed by atoms with Gasteiger partial charge in [0, 0.05) is 40.8 Å². The van der Waals surface area contributed by atoms with Crippen LogP contribution < -0.4 is 5.73 Å². The Balaban J connectivity index is 2.02. The average Bonchev–Trinajstić information content (AvgIpc) is 2.22. The fraction of sp³-hybridized carbons (Fsp3) is 0.500. The molecule has 16 heavy (non-hydrogen) atoms. The second-order valence-electron chi connectivity index (χ2n) is 4.26. The Labute approximate surface area is 110 Å². The van der Waals surface area contributed by atoms with Crippen LogP contribution in [0.25, 0.3) is 0 Å². The third kappa shape index (κ3) is 3.15. The lowest BCUT2D eigenvalue weighted by Gasteiger charge is -2.30. The molecule has 0 saturated carbocycles. The van der Waals surface area contributed by atoms with Crippen LogP contribution in [0.4, 0.5) is 5.69 Å². The van der Waals surface area contributed by atoms with Gasteiger partial charge in [-0.05, 0) is 17.7 Å². The zero-order valence-electron chi connectivity index (χ0n) is 9.45. The molecule has 4 heteroatoms. The van der Waals surface area contributed by atoms with E-state index in [9.17, 15) is 0 Å². The van der Waals surface area contributed by atoms with Crippen molar-refractivity contribution in [2.24, 2.45) is 0 Å². The molecule has 0 bridgehead atoms. The fourth-order valence-corrected chi connectivity index (χ4v) is 3.45. The summed E-state index contributed by atoms with van der Waals surface area (Å²) in [5.74, 6) is 1.23. The quantitative estimate of drug-likeness (QED) is 0.852. The van der Waals surface area contributed by atoms with Gasteiger partial charge < -0.3 is 5.73 Å². The Morgan fingerprint density at radius 1 is 1.56 bits per heavy atom. The van der Waals surface area contributed by atoms with Crippen molar-refractivity contribution >= 4 is 33.4 Å². The Kier molecular flexibility index (Phi) is 4.16. The summed E-state index contributed by atoms with van der Waals surface area (Å²) in [7, 11) is 0. The maximum absolute atomic E-state index is 6.01. The third-order valence-electron chi connectivity index (χ3n) is 2.83. The predicted octanol–water partition coefficient (Wildman–Crippen LogP) is 2.97.